The second kappa shape index (κ2) is 9.41. The summed E-state index contributed by atoms with van der Waals surface area (Å²) < 4.78 is 13.2. The summed E-state index contributed by atoms with van der Waals surface area (Å²) in [7, 11) is 0. The fraction of sp³-hybridized carbons (Fsp3) is 0.462. The lowest BCUT2D eigenvalue weighted by atomic mass is 10.1. The lowest BCUT2D eigenvalue weighted by molar-refractivity contribution is 0.625. The van der Waals surface area contributed by atoms with Gasteiger partial charge in [-0.15, -0.1) is 24.0 Å². The summed E-state index contributed by atoms with van der Waals surface area (Å²) >= 11 is 1.66. The topological polar surface area (TPSA) is 50.4 Å². The second-order valence-electron chi connectivity index (χ2n) is 4.35. The van der Waals surface area contributed by atoms with E-state index < -0.39 is 0 Å². The number of hydrogen-bond acceptors (Lipinski definition) is 2. The van der Waals surface area contributed by atoms with Crippen molar-refractivity contribution < 1.29 is 4.39 Å². The zero-order chi connectivity index (χ0) is 13.5. The van der Waals surface area contributed by atoms with Crippen LogP contribution in [0.5, 0.6) is 0 Å². The number of nitrogens with one attached hydrogen (secondary N) is 1. The average Bonchev–Trinajstić information content (AvgIpc) is 2.27. The Labute approximate surface area is 135 Å². The van der Waals surface area contributed by atoms with Gasteiger partial charge in [0.15, 0.2) is 5.96 Å². The van der Waals surface area contributed by atoms with Gasteiger partial charge in [-0.2, -0.15) is 11.8 Å². The van der Waals surface area contributed by atoms with Gasteiger partial charge in [0.05, 0.1) is 6.54 Å². The third-order valence-corrected chi connectivity index (χ3v) is 2.92. The largest absolute Gasteiger partial charge is 0.370 e. The monoisotopic (exact) mass is 397 g/mol. The molecule has 1 rings (SSSR count). The highest BCUT2D eigenvalue weighted by atomic mass is 127. The van der Waals surface area contributed by atoms with Crippen LogP contribution in [0.1, 0.15) is 25.0 Å². The first-order chi connectivity index (χ1) is 8.52. The molecule has 0 saturated carbocycles. The number of thioether (sulfide) groups is 1. The Bertz CT molecular complexity index is 424. The Morgan fingerprint density at radius 3 is 2.68 bits per heavy atom. The maximum Gasteiger partial charge on any atom is 0.189 e. The zero-order valence-corrected chi connectivity index (χ0v) is 14.6. The van der Waals surface area contributed by atoms with Crippen molar-refractivity contribution in [3.63, 3.8) is 0 Å². The molecule has 0 saturated heterocycles. The van der Waals surface area contributed by atoms with Crippen molar-refractivity contribution in [3.8, 4) is 0 Å². The van der Waals surface area contributed by atoms with Crippen molar-refractivity contribution in [1.29, 1.82) is 0 Å². The van der Waals surface area contributed by atoms with E-state index in [0.717, 1.165) is 16.9 Å². The summed E-state index contributed by atoms with van der Waals surface area (Å²) in [5.41, 5.74) is 7.72. The number of halogens is 2. The van der Waals surface area contributed by atoms with E-state index in [4.69, 9.17) is 5.73 Å². The Morgan fingerprint density at radius 1 is 1.42 bits per heavy atom. The van der Waals surface area contributed by atoms with E-state index in [2.05, 4.69) is 10.3 Å². The van der Waals surface area contributed by atoms with Gasteiger partial charge >= 0.3 is 0 Å². The van der Waals surface area contributed by atoms with E-state index in [1.807, 2.05) is 20.1 Å². The van der Waals surface area contributed by atoms with Crippen LogP contribution in [0.2, 0.25) is 0 Å². The Hall–Kier alpha value is -0.500. The first-order valence-corrected chi connectivity index (χ1v) is 7.25. The summed E-state index contributed by atoms with van der Waals surface area (Å²) in [5, 5.41) is 3.02. The number of benzene rings is 1. The number of nitrogens with zero attached hydrogens (tertiary/aromatic N) is 1. The van der Waals surface area contributed by atoms with Crippen LogP contribution < -0.4 is 11.1 Å². The molecule has 0 aliphatic carbocycles. The van der Waals surface area contributed by atoms with Gasteiger partial charge in [0.1, 0.15) is 5.82 Å². The predicted molar refractivity (Wildman–Crippen MR) is 92.6 cm³/mol. The van der Waals surface area contributed by atoms with Gasteiger partial charge in [-0.25, -0.2) is 9.38 Å². The van der Waals surface area contributed by atoms with E-state index in [0.29, 0.717) is 12.5 Å². The molecule has 0 amide bonds. The normalized spacial score (nSPS) is 11.3. The molecule has 1 aromatic carbocycles. The van der Waals surface area contributed by atoms with E-state index in [1.165, 1.54) is 6.07 Å². The first kappa shape index (κ1) is 18.5. The summed E-state index contributed by atoms with van der Waals surface area (Å²) in [6, 6.07) is 5.05. The molecule has 0 atom stereocenters. The molecular formula is C13H21FIN3S. The molecule has 19 heavy (non-hydrogen) atoms. The molecule has 1 aromatic rings. The number of nitrogens with two attached hydrogens (primary N) is 1. The fourth-order valence-corrected chi connectivity index (χ4v) is 2.13. The Balaban J connectivity index is 0.00000324. The van der Waals surface area contributed by atoms with Crippen LogP contribution in [0.15, 0.2) is 23.2 Å². The van der Waals surface area contributed by atoms with Gasteiger partial charge in [-0.3, -0.25) is 0 Å². The molecule has 0 aliphatic rings. The van der Waals surface area contributed by atoms with Crippen LogP contribution in [0.4, 0.5) is 4.39 Å². The minimum atomic E-state index is -0.208. The molecule has 0 spiro atoms. The maximum atomic E-state index is 13.2. The molecule has 3 N–H and O–H groups in total. The highest BCUT2D eigenvalue weighted by molar-refractivity contribution is 14.0. The van der Waals surface area contributed by atoms with E-state index >= 15 is 0 Å². The van der Waals surface area contributed by atoms with Crippen molar-refractivity contribution in [1.82, 2.24) is 5.32 Å². The fourth-order valence-electron chi connectivity index (χ4n) is 1.55. The van der Waals surface area contributed by atoms with Gasteiger partial charge in [0, 0.05) is 11.8 Å². The zero-order valence-electron chi connectivity index (χ0n) is 11.4. The molecule has 0 unspecified atom stereocenters. The van der Waals surface area contributed by atoms with Crippen molar-refractivity contribution >= 4 is 41.7 Å². The van der Waals surface area contributed by atoms with Crippen LogP contribution in [0.25, 0.3) is 0 Å². The predicted octanol–water partition coefficient (Wildman–Crippen LogP) is 3.12. The van der Waals surface area contributed by atoms with Crippen LogP contribution in [-0.2, 0) is 12.3 Å². The molecule has 0 heterocycles. The standard InChI is InChI=1S/C13H20FN3S.HI/c1-9(2)17-13(15)16-7-10-4-5-12(14)6-11(10)8-18-3;/h4-6,9H,7-8H2,1-3H3,(H3,15,16,17);1H. The number of rotatable bonds is 5. The smallest absolute Gasteiger partial charge is 0.189 e. The lowest BCUT2D eigenvalue weighted by Crippen LogP contribution is -2.36. The third kappa shape index (κ3) is 7.00. The van der Waals surface area contributed by atoms with E-state index in [9.17, 15) is 4.39 Å². The van der Waals surface area contributed by atoms with Crippen LogP contribution in [0.3, 0.4) is 0 Å². The quantitative estimate of drug-likeness (QED) is 0.456. The van der Waals surface area contributed by atoms with Crippen molar-refractivity contribution in [2.24, 2.45) is 10.7 Å². The highest BCUT2D eigenvalue weighted by Gasteiger charge is 2.04. The van der Waals surface area contributed by atoms with Crippen molar-refractivity contribution in [2.75, 3.05) is 6.26 Å². The Kier molecular flexibility index (Phi) is 9.16. The highest BCUT2D eigenvalue weighted by Crippen LogP contribution is 2.17. The molecule has 108 valence electrons. The van der Waals surface area contributed by atoms with E-state index in [-0.39, 0.29) is 35.8 Å². The summed E-state index contributed by atoms with van der Waals surface area (Å²) in [6.45, 7) is 4.47. The first-order valence-electron chi connectivity index (χ1n) is 5.85. The number of hydrogen-bond donors (Lipinski definition) is 2. The summed E-state index contributed by atoms with van der Waals surface area (Å²) in [6.07, 6.45) is 1.99. The van der Waals surface area contributed by atoms with E-state index in [1.54, 1.807) is 23.9 Å². The van der Waals surface area contributed by atoms with Gasteiger partial charge in [0.2, 0.25) is 0 Å². The average molecular weight is 397 g/mol. The summed E-state index contributed by atoms with van der Waals surface area (Å²) in [4.78, 5) is 4.26. The van der Waals surface area contributed by atoms with Crippen LogP contribution >= 0.6 is 35.7 Å². The minimum absolute atomic E-state index is 0. The minimum Gasteiger partial charge on any atom is -0.370 e. The molecular weight excluding hydrogens is 376 g/mol. The third-order valence-electron chi connectivity index (χ3n) is 2.32. The molecule has 3 nitrogen and oxygen atoms in total. The second-order valence-corrected chi connectivity index (χ2v) is 5.21. The number of aliphatic imine (C=N–C) groups is 1. The van der Waals surface area contributed by atoms with Crippen molar-refractivity contribution in [2.45, 2.75) is 32.2 Å². The van der Waals surface area contributed by atoms with Gasteiger partial charge in [-0.1, -0.05) is 6.07 Å². The molecule has 0 fully saturated rings. The van der Waals surface area contributed by atoms with Gasteiger partial charge in [-0.05, 0) is 43.4 Å². The Morgan fingerprint density at radius 2 is 2.11 bits per heavy atom. The molecule has 0 radical (unpaired) electrons. The van der Waals surface area contributed by atoms with Gasteiger partial charge < -0.3 is 11.1 Å². The molecule has 0 aromatic heterocycles. The van der Waals surface area contributed by atoms with Crippen molar-refractivity contribution in [3.05, 3.63) is 35.1 Å². The maximum absolute atomic E-state index is 13.2. The molecule has 0 aliphatic heterocycles. The molecule has 6 heteroatoms. The van der Waals surface area contributed by atoms with Crippen LogP contribution in [0, 0.1) is 5.82 Å². The lowest BCUT2D eigenvalue weighted by Gasteiger charge is -2.10. The summed E-state index contributed by atoms with van der Waals surface area (Å²) in [5.74, 6) is 0.990. The number of guanidine groups is 1. The van der Waals surface area contributed by atoms with Gasteiger partial charge in [0.25, 0.3) is 0 Å². The SMILES string of the molecule is CSCc1cc(F)ccc1CN=C(N)NC(C)C.I. The molecule has 0 bridgehead atoms. The van der Waals surface area contributed by atoms with Crippen LogP contribution in [-0.4, -0.2) is 18.3 Å².